The van der Waals surface area contributed by atoms with Gasteiger partial charge in [-0.15, -0.1) is 0 Å². The molecule has 4 heteroatoms. The molecule has 0 atom stereocenters. The van der Waals surface area contributed by atoms with Crippen LogP contribution >= 0.6 is 11.6 Å². The second-order valence-electron chi connectivity index (χ2n) is 6.07. The van der Waals surface area contributed by atoms with E-state index < -0.39 is 11.4 Å². The number of aromatic hydroxyl groups is 1. The minimum atomic E-state index is -0.926. The van der Waals surface area contributed by atoms with E-state index in [2.05, 4.69) is 0 Å². The average molecular weight is 295 g/mol. The topological polar surface area (TPSA) is 57.5 Å². The Labute approximate surface area is 123 Å². The molecule has 0 heterocycles. The standard InChI is InChI=1S/C16H19ClO3/c1-9-10-5-2-3-6-11(10)13(17)14(18)12(9)16(15(19)20)7-4-8-16/h18H,2-8H2,1H3,(H,19,20). The molecule has 0 radical (unpaired) electrons. The SMILES string of the molecule is Cc1c2c(c(Cl)c(O)c1C1(C(=O)O)CCC1)CCCC2. The van der Waals surface area contributed by atoms with Crippen LogP contribution in [-0.2, 0) is 23.1 Å². The third-order valence-electron chi connectivity index (χ3n) is 5.10. The summed E-state index contributed by atoms with van der Waals surface area (Å²) in [6.45, 7) is 1.94. The third kappa shape index (κ3) is 1.69. The van der Waals surface area contributed by atoms with Crippen molar-refractivity contribution in [1.82, 2.24) is 0 Å². The van der Waals surface area contributed by atoms with E-state index in [9.17, 15) is 15.0 Å². The van der Waals surface area contributed by atoms with Crippen LogP contribution in [0.2, 0.25) is 5.02 Å². The van der Waals surface area contributed by atoms with Gasteiger partial charge in [-0.1, -0.05) is 18.0 Å². The Balaban J connectivity index is 2.26. The Morgan fingerprint density at radius 2 is 1.75 bits per heavy atom. The van der Waals surface area contributed by atoms with Crippen molar-refractivity contribution in [1.29, 1.82) is 0 Å². The average Bonchev–Trinajstić information content (AvgIpc) is 2.38. The predicted octanol–water partition coefficient (Wildman–Crippen LogP) is 3.74. The van der Waals surface area contributed by atoms with Crippen molar-refractivity contribution in [2.24, 2.45) is 0 Å². The summed E-state index contributed by atoms with van der Waals surface area (Å²) in [6.07, 6.45) is 6.06. The zero-order valence-corrected chi connectivity index (χ0v) is 12.4. The zero-order chi connectivity index (χ0) is 14.5. The molecule has 2 aliphatic carbocycles. The van der Waals surface area contributed by atoms with Gasteiger partial charge in [0.05, 0.1) is 10.4 Å². The number of fused-ring (bicyclic) bond motifs is 1. The molecule has 0 aliphatic heterocycles. The minimum absolute atomic E-state index is 0.00640. The second-order valence-corrected chi connectivity index (χ2v) is 6.45. The molecule has 1 saturated carbocycles. The van der Waals surface area contributed by atoms with Gasteiger partial charge in [-0.25, -0.2) is 0 Å². The summed E-state index contributed by atoms with van der Waals surface area (Å²) in [5.74, 6) is -0.833. The van der Waals surface area contributed by atoms with Gasteiger partial charge in [-0.2, -0.15) is 0 Å². The summed E-state index contributed by atoms with van der Waals surface area (Å²) < 4.78 is 0. The molecule has 0 unspecified atom stereocenters. The number of carboxylic acids is 1. The first-order valence-electron chi connectivity index (χ1n) is 7.25. The van der Waals surface area contributed by atoms with E-state index in [1.54, 1.807) is 0 Å². The quantitative estimate of drug-likeness (QED) is 0.873. The number of hydrogen-bond donors (Lipinski definition) is 2. The van der Waals surface area contributed by atoms with Gasteiger partial charge in [0, 0.05) is 5.56 Å². The van der Waals surface area contributed by atoms with E-state index in [0.29, 0.717) is 23.4 Å². The van der Waals surface area contributed by atoms with Crippen LogP contribution in [-0.4, -0.2) is 16.2 Å². The highest BCUT2D eigenvalue weighted by Crippen LogP contribution is 2.52. The number of aliphatic carboxylic acids is 1. The van der Waals surface area contributed by atoms with E-state index >= 15 is 0 Å². The van der Waals surface area contributed by atoms with Crippen LogP contribution in [0.1, 0.15) is 54.4 Å². The highest BCUT2D eigenvalue weighted by Gasteiger charge is 2.49. The number of phenolic OH excluding ortho intramolecular Hbond substituents is 1. The molecule has 1 aromatic carbocycles. The fourth-order valence-electron chi connectivity index (χ4n) is 3.83. The molecule has 108 valence electrons. The molecule has 3 rings (SSSR count). The number of phenols is 1. The highest BCUT2D eigenvalue weighted by atomic mass is 35.5. The molecule has 0 spiro atoms. The number of halogens is 1. The van der Waals surface area contributed by atoms with E-state index in [-0.39, 0.29) is 5.75 Å². The molecule has 2 N–H and O–H groups in total. The van der Waals surface area contributed by atoms with Crippen molar-refractivity contribution in [3.8, 4) is 5.75 Å². The van der Waals surface area contributed by atoms with Gasteiger partial charge >= 0.3 is 5.97 Å². The van der Waals surface area contributed by atoms with Crippen LogP contribution in [0.15, 0.2) is 0 Å². The lowest BCUT2D eigenvalue weighted by Gasteiger charge is -2.40. The van der Waals surface area contributed by atoms with Crippen molar-refractivity contribution in [2.45, 2.75) is 57.3 Å². The molecule has 0 aromatic heterocycles. The molecular weight excluding hydrogens is 276 g/mol. The normalized spacial score (nSPS) is 20.1. The number of benzene rings is 1. The molecule has 2 aliphatic rings. The fraction of sp³-hybridized carbons (Fsp3) is 0.562. The molecule has 0 saturated heterocycles. The Morgan fingerprint density at radius 1 is 1.15 bits per heavy atom. The predicted molar refractivity (Wildman–Crippen MR) is 77.7 cm³/mol. The Hall–Kier alpha value is -1.22. The van der Waals surface area contributed by atoms with E-state index in [1.807, 2.05) is 6.92 Å². The van der Waals surface area contributed by atoms with Crippen LogP contribution in [0.4, 0.5) is 0 Å². The first kappa shape index (κ1) is 13.7. The molecule has 0 amide bonds. The maximum absolute atomic E-state index is 11.7. The van der Waals surface area contributed by atoms with Crippen molar-refractivity contribution >= 4 is 17.6 Å². The van der Waals surface area contributed by atoms with Gasteiger partial charge in [0.2, 0.25) is 0 Å². The molecule has 0 bridgehead atoms. The highest BCUT2D eigenvalue weighted by molar-refractivity contribution is 6.33. The first-order chi connectivity index (χ1) is 9.49. The molecule has 3 nitrogen and oxygen atoms in total. The van der Waals surface area contributed by atoms with Crippen LogP contribution in [0, 0.1) is 6.92 Å². The molecule has 1 aromatic rings. The lowest BCUT2D eigenvalue weighted by Crippen LogP contribution is -2.43. The summed E-state index contributed by atoms with van der Waals surface area (Å²) in [6, 6.07) is 0. The third-order valence-corrected chi connectivity index (χ3v) is 5.51. The molecule has 20 heavy (non-hydrogen) atoms. The van der Waals surface area contributed by atoms with E-state index in [4.69, 9.17) is 11.6 Å². The number of rotatable bonds is 2. The van der Waals surface area contributed by atoms with Gasteiger partial charge in [-0.05, 0) is 62.1 Å². The zero-order valence-electron chi connectivity index (χ0n) is 11.6. The molecule has 1 fully saturated rings. The summed E-state index contributed by atoms with van der Waals surface area (Å²) in [5.41, 5.74) is 2.79. The van der Waals surface area contributed by atoms with Crippen molar-refractivity contribution < 1.29 is 15.0 Å². The van der Waals surface area contributed by atoms with Gasteiger partial charge in [0.1, 0.15) is 5.75 Å². The van der Waals surface area contributed by atoms with Crippen molar-refractivity contribution in [3.05, 3.63) is 27.3 Å². The van der Waals surface area contributed by atoms with Gasteiger partial charge in [-0.3, -0.25) is 4.79 Å². The van der Waals surface area contributed by atoms with Crippen LogP contribution in [0.25, 0.3) is 0 Å². The Kier molecular flexibility index (Phi) is 3.20. The monoisotopic (exact) mass is 294 g/mol. The van der Waals surface area contributed by atoms with E-state index in [0.717, 1.165) is 43.2 Å². The van der Waals surface area contributed by atoms with E-state index in [1.165, 1.54) is 5.56 Å². The Morgan fingerprint density at radius 3 is 2.25 bits per heavy atom. The smallest absolute Gasteiger partial charge is 0.314 e. The van der Waals surface area contributed by atoms with Gasteiger partial charge in [0.15, 0.2) is 0 Å². The van der Waals surface area contributed by atoms with Crippen LogP contribution < -0.4 is 0 Å². The fourth-order valence-corrected chi connectivity index (χ4v) is 4.13. The summed E-state index contributed by atoms with van der Waals surface area (Å²) in [5, 5.41) is 20.5. The lowest BCUT2D eigenvalue weighted by atomic mass is 9.62. The second kappa shape index (κ2) is 4.66. The van der Waals surface area contributed by atoms with Crippen molar-refractivity contribution in [2.75, 3.05) is 0 Å². The number of carboxylic acid groups (broad SMARTS) is 1. The largest absolute Gasteiger partial charge is 0.506 e. The summed E-state index contributed by atoms with van der Waals surface area (Å²) >= 11 is 6.34. The molecular formula is C16H19ClO3. The minimum Gasteiger partial charge on any atom is -0.506 e. The number of carbonyl (C=O) groups is 1. The van der Waals surface area contributed by atoms with Crippen molar-refractivity contribution in [3.63, 3.8) is 0 Å². The van der Waals surface area contributed by atoms with Gasteiger partial charge < -0.3 is 10.2 Å². The van der Waals surface area contributed by atoms with Gasteiger partial charge in [0.25, 0.3) is 0 Å². The Bertz CT molecular complexity index is 588. The maximum atomic E-state index is 11.7. The van der Waals surface area contributed by atoms with Crippen LogP contribution in [0.5, 0.6) is 5.75 Å². The van der Waals surface area contributed by atoms with Crippen LogP contribution in [0.3, 0.4) is 0 Å². The first-order valence-corrected chi connectivity index (χ1v) is 7.63. The number of hydrogen-bond acceptors (Lipinski definition) is 2. The maximum Gasteiger partial charge on any atom is 0.314 e. The lowest BCUT2D eigenvalue weighted by molar-refractivity contribution is -0.147. The summed E-state index contributed by atoms with van der Waals surface area (Å²) in [4.78, 5) is 11.7. The summed E-state index contributed by atoms with van der Waals surface area (Å²) in [7, 11) is 0.